The second-order valence-corrected chi connectivity index (χ2v) is 8.24. The Morgan fingerprint density at radius 2 is 1.91 bits per heavy atom. The lowest BCUT2D eigenvalue weighted by atomic mass is 10.2. The Morgan fingerprint density at radius 1 is 1.18 bits per heavy atom. The van der Waals surface area contributed by atoms with E-state index < -0.39 is 0 Å². The summed E-state index contributed by atoms with van der Waals surface area (Å²) in [6.45, 7) is 6.51. The molecule has 0 aliphatic carbocycles. The minimum atomic E-state index is -0.256. The Balaban J connectivity index is 0.000000183. The lowest BCUT2D eigenvalue weighted by Crippen LogP contribution is -2.44. The van der Waals surface area contributed by atoms with Crippen molar-refractivity contribution >= 4 is 29.0 Å². The quantitative estimate of drug-likeness (QED) is 0.558. The summed E-state index contributed by atoms with van der Waals surface area (Å²) in [6.07, 6.45) is 6.08. The molecule has 9 nitrogen and oxygen atoms in total. The van der Waals surface area contributed by atoms with Crippen LogP contribution < -0.4 is 20.4 Å². The largest absolute Gasteiger partial charge is 0.372 e. The fraction of sp³-hybridized carbons (Fsp3) is 0.391. The Morgan fingerprint density at radius 3 is 2.58 bits per heavy atom. The highest BCUT2D eigenvalue weighted by Gasteiger charge is 2.30. The molecule has 5 rings (SSSR count). The van der Waals surface area contributed by atoms with Crippen LogP contribution in [0.25, 0.3) is 0 Å². The van der Waals surface area contributed by atoms with E-state index in [4.69, 9.17) is 0 Å². The molecule has 2 aromatic heterocycles. The minimum absolute atomic E-state index is 0.0455. The summed E-state index contributed by atoms with van der Waals surface area (Å²) in [4.78, 5) is 24.9. The first-order valence-corrected chi connectivity index (χ1v) is 11.1. The first-order chi connectivity index (χ1) is 15.9. The third kappa shape index (κ3) is 5.21. The molecule has 1 aromatic carbocycles. The Bertz CT molecular complexity index is 1080. The average molecular weight is 453 g/mol. The maximum Gasteiger partial charge on any atom is 0.246 e. The van der Waals surface area contributed by atoms with Crippen LogP contribution in [0, 0.1) is 12.7 Å². The number of H-pyrrole nitrogens is 1. The first-order valence-electron chi connectivity index (χ1n) is 11.1. The number of benzene rings is 1. The second-order valence-electron chi connectivity index (χ2n) is 8.24. The van der Waals surface area contributed by atoms with Crippen LogP contribution in [0.1, 0.15) is 31.0 Å². The molecule has 0 radical (unpaired) electrons. The van der Waals surface area contributed by atoms with Gasteiger partial charge in [0.15, 0.2) is 5.82 Å². The van der Waals surface area contributed by atoms with Gasteiger partial charge in [-0.15, -0.1) is 0 Å². The number of anilines is 4. The van der Waals surface area contributed by atoms with E-state index in [0.29, 0.717) is 18.2 Å². The molecule has 3 N–H and O–H groups in total. The number of hydrogen-bond donors (Lipinski definition) is 3. The summed E-state index contributed by atoms with van der Waals surface area (Å²) in [6, 6.07) is 6.48. The monoisotopic (exact) mass is 452 g/mol. The number of carbonyl (C=O) groups is 1. The van der Waals surface area contributed by atoms with Gasteiger partial charge < -0.3 is 20.4 Å². The molecule has 4 heterocycles. The molecule has 2 aliphatic heterocycles. The van der Waals surface area contributed by atoms with Gasteiger partial charge in [0.1, 0.15) is 17.5 Å². The normalized spacial score (nSPS) is 17.2. The molecule has 1 amide bonds. The molecule has 1 atom stereocenters. The van der Waals surface area contributed by atoms with Crippen LogP contribution in [-0.2, 0) is 11.3 Å². The number of nitrogens with zero attached hydrogens (tertiary/aromatic N) is 5. The number of aromatic nitrogens is 4. The Labute approximate surface area is 192 Å². The number of hydrogen-bond acceptors (Lipinski definition) is 7. The highest BCUT2D eigenvalue weighted by molar-refractivity contribution is 6.03. The third-order valence-electron chi connectivity index (χ3n) is 5.92. The molecule has 10 heteroatoms. The topological polar surface area (TPSA) is 102 Å². The second kappa shape index (κ2) is 9.85. The number of aryl methyl sites for hydroxylation is 1. The summed E-state index contributed by atoms with van der Waals surface area (Å²) in [5.74, 6) is 1.06. The van der Waals surface area contributed by atoms with Gasteiger partial charge in [0, 0.05) is 44.1 Å². The van der Waals surface area contributed by atoms with Crippen LogP contribution in [0.4, 0.5) is 27.5 Å². The highest BCUT2D eigenvalue weighted by atomic mass is 19.1. The predicted octanol–water partition coefficient (Wildman–Crippen LogP) is 3.32. The Hall–Kier alpha value is -3.69. The molecule has 33 heavy (non-hydrogen) atoms. The summed E-state index contributed by atoms with van der Waals surface area (Å²) in [5, 5.41) is 12.7. The van der Waals surface area contributed by atoms with Crippen LogP contribution in [0.5, 0.6) is 0 Å². The standard InChI is InChI=1S/C13H17N7O.C10H12FN/c1-7-10-11(20(3)8(2)12(21)18-10)19-13(17-7)14-4-9-5-15-16-6-9;11-9-3-5-10(6-4-9)12-7-1-2-8-12/h5-6,8H,4H2,1-3H3,(H,15,16)(H,18,21)(H,14,17,19);3-6H,1-2,7-8H2/t8-;/m0./s1. The van der Waals surface area contributed by atoms with Gasteiger partial charge >= 0.3 is 0 Å². The van der Waals surface area contributed by atoms with Gasteiger partial charge in [-0.05, 0) is 51.0 Å². The number of aromatic amines is 1. The van der Waals surface area contributed by atoms with Crippen molar-refractivity contribution < 1.29 is 9.18 Å². The number of nitrogens with one attached hydrogen (secondary N) is 3. The van der Waals surface area contributed by atoms with Crippen LogP contribution >= 0.6 is 0 Å². The average Bonchev–Trinajstić information content (AvgIpc) is 3.53. The molecule has 0 saturated carbocycles. The van der Waals surface area contributed by atoms with Crippen molar-refractivity contribution in [1.82, 2.24) is 20.2 Å². The van der Waals surface area contributed by atoms with Crippen LogP contribution in [0.2, 0.25) is 0 Å². The van der Waals surface area contributed by atoms with E-state index >= 15 is 0 Å². The fourth-order valence-electron chi connectivity index (χ4n) is 3.81. The molecule has 1 fully saturated rings. The summed E-state index contributed by atoms with van der Waals surface area (Å²) in [7, 11) is 1.86. The van der Waals surface area contributed by atoms with Crippen molar-refractivity contribution in [3.05, 3.63) is 53.7 Å². The lowest BCUT2D eigenvalue weighted by molar-refractivity contribution is -0.117. The molecule has 0 unspecified atom stereocenters. The molecule has 0 bridgehead atoms. The summed E-state index contributed by atoms with van der Waals surface area (Å²) >= 11 is 0. The fourth-order valence-corrected chi connectivity index (χ4v) is 3.81. The number of halogens is 1. The van der Waals surface area contributed by atoms with E-state index in [1.54, 1.807) is 6.20 Å². The number of amides is 1. The maximum atomic E-state index is 12.6. The van der Waals surface area contributed by atoms with Crippen LogP contribution in [-0.4, -0.2) is 52.3 Å². The van der Waals surface area contributed by atoms with E-state index in [2.05, 4.69) is 35.7 Å². The minimum Gasteiger partial charge on any atom is -0.372 e. The van der Waals surface area contributed by atoms with Crippen LogP contribution in [0.15, 0.2) is 36.7 Å². The van der Waals surface area contributed by atoms with Gasteiger partial charge in [-0.1, -0.05) is 0 Å². The molecule has 0 spiro atoms. The zero-order valence-corrected chi connectivity index (χ0v) is 19.1. The molecule has 3 aromatic rings. The van der Waals surface area contributed by atoms with Gasteiger partial charge in [0.2, 0.25) is 11.9 Å². The summed E-state index contributed by atoms with van der Waals surface area (Å²) < 4.78 is 12.6. The number of fused-ring (bicyclic) bond motifs is 1. The SMILES string of the molecule is Cc1nc(NCc2cn[nH]c2)nc2c1NC(=O)[C@H](C)N2C.Fc1ccc(N2CCCC2)cc1. The Kier molecular flexibility index (Phi) is 6.71. The number of carbonyl (C=O) groups excluding carboxylic acids is 1. The van der Waals surface area contributed by atoms with Gasteiger partial charge in [0.05, 0.1) is 11.9 Å². The van der Waals surface area contributed by atoms with E-state index in [0.717, 1.165) is 35.9 Å². The zero-order valence-electron chi connectivity index (χ0n) is 19.1. The van der Waals surface area contributed by atoms with Crippen LogP contribution in [0.3, 0.4) is 0 Å². The van der Waals surface area contributed by atoms with Crippen molar-refractivity contribution in [1.29, 1.82) is 0 Å². The molecular weight excluding hydrogens is 423 g/mol. The number of likely N-dealkylation sites (N-methyl/N-ethyl adjacent to an activating group) is 1. The van der Waals surface area contributed by atoms with E-state index in [9.17, 15) is 9.18 Å². The van der Waals surface area contributed by atoms with Crippen molar-refractivity contribution in [3.63, 3.8) is 0 Å². The molecule has 174 valence electrons. The predicted molar refractivity (Wildman–Crippen MR) is 127 cm³/mol. The van der Waals surface area contributed by atoms with E-state index in [-0.39, 0.29) is 17.8 Å². The smallest absolute Gasteiger partial charge is 0.246 e. The third-order valence-corrected chi connectivity index (χ3v) is 5.92. The van der Waals surface area contributed by atoms with Gasteiger partial charge in [-0.25, -0.2) is 9.37 Å². The van der Waals surface area contributed by atoms with Crippen molar-refractivity contribution in [2.45, 2.75) is 39.3 Å². The number of rotatable bonds is 4. The van der Waals surface area contributed by atoms with Crippen molar-refractivity contribution in [3.8, 4) is 0 Å². The lowest BCUT2D eigenvalue weighted by Gasteiger charge is -2.32. The van der Waals surface area contributed by atoms with Gasteiger partial charge in [-0.3, -0.25) is 9.89 Å². The van der Waals surface area contributed by atoms with E-state index in [1.807, 2.05) is 44.1 Å². The molecule has 1 saturated heterocycles. The molecular formula is C23H29FN8O. The summed E-state index contributed by atoms with van der Waals surface area (Å²) in [5.41, 5.74) is 3.58. The maximum absolute atomic E-state index is 12.6. The zero-order chi connectivity index (χ0) is 23.4. The first kappa shape index (κ1) is 22.5. The van der Waals surface area contributed by atoms with Gasteiger partial charge in [0.25, 0.3) is 0 Å². The van der Waals surface area contributed by atoms with Crippen molar-refractivity contribution in [2.75, 3.05) is 40.6 Å². The van der Waals surface area contributed by atoms with E-state index in [1.165, 1.54) is 25.0 Å². The van der Waals surface area contributed by atoms with Gasteiger partial charge in [-0.2, -0.15) is 10.1 Å². The molecule has 2 aliphatic rings. The highest BCUT2D eigenvalue weighted by Crippen LogP contribution is 2.32. The van der Waals surface area contributed by atoms with Crippen molar-refractivity contribution in [2.24, 2.45) is 0 Å².